The van der Waals surface area contributed by atoms with E-state index in [9.17, 15) is 5.11 Å². The summed E-state index contributed by atoms with van der Waals surface area (Å²) < 4.78 is 0. The molecule has 0 bridgehead atoms. The first-order chi connectivity index (χ1) is 16.0. The van der Waals surface area contributed by atoms with Gasteiger partial charge < -0.3 is 10.0 Å². The fourth-order valence-corrected chi connectivity index (χ4v) is 5.99. The third-order valence-corrected chi connectivity index (χ3v) is 7.83. The van der Waals surface area contributed by atoms with E-state index in [0.717, 1.165) is 32.6 Å². The van der Waals surface area contributed by atoms with E-state index >= 15 is 0 Å². The van der Waals surface area contributed by atoms with E-state index < -0.39 is 0 Å². The van der Waals surface area contributed by atoms with Gasteiger partial charge in [-0.25, -0.2) is 0 Å². The van der Waals surface area contributed by atoms with Gasteiger partial charge in [-0.2, -0.15) is 0 Å². The Morgan fingerprint density at radius 3 is 2.61 bits per heavy atom. The Kier molecular flexibility index (Phi) is 6.82. The number of hydrogen-bond acceptors (Lipinski definition) is 3. The molecule has 0 spiro atoms. The number of aryl methyl sites for hydroxylation is 2. The number of fused-ring (bicyclic) bond motifs is 2. The van der Waals surface area contributed by atoms with Crippen LogP contribution in [-0.4, -0.2) is 53.7 Å². The standard InChI is InChI=1S/C30H38N2O/c1-22-15-26-12-14-32(20-28(26)16-23(22)2)19-24-7-6-13-31(18-24)21-29(33)17-27-10-5-9-25-8-3-4-11-30(25)27/h3-5,8-11,15-16,24,29,33H,6-7,12-14,17-21H2,1-2H3. The number of hydrogen-bond donors (Lipinski definition) is 1. The highest BCUT2D eigenvalue weighted by Crippen LogP contribution is 2.26. The van der Waals surface area contributed by atoms with Crippen LogP contribution >= 0.6 is 0 Å². The molecular formula is C30H38N2O. The fourth-order valence-electron chi connectivity index (χ4n) is 5.99. The first-order valence-corrected chi connectivity index (χ1v) is 12.7. The zero-order valence-corrected chi connectivity index (χ0v) is 20.3. The molecule has 0 radical (unpaired) electrons. The van der Waals surface area contributed by atoms with Crippen LogP contribution in [0, 0.1) is 19.8 Å². The lowest BCUT2D eigenvalue weighted by Gasteiger charge is -2.38. The second-order valence-corrected chi connectivity index (χ2v) is 10.5. The summed E-state index contributed by atoms with van der Waals surface area (Å²) in [5.74, 6) is 0.705. The molecular weight excluding hydrogens is 404 g/mol. The van der Waals surface area contributed by atoms with Gasteiger partial charge in [-0.1, -0.05) is 54.6 Å². The van der Waals surface area contributed by atoms with Crippen LogP contribution in [0.5, 0.6) is 0 Å². The molecule has 3 heteroatoms. The van der Waals surface area contributed by atoms with Gasteiger partial charge in [0.1, 0.15) is 0 Å². The summed E-state index contributed by atoms with van der Waals surface area (Å²) in [6.07, 6.45) is 4.14. The summed E-state index contributed by atoms with van der Waals surface area (Å²) in [4.78, 5) is 5.17. The van der Waals surface area contributed by atoms with Crippen LogP contribution in [0.3, 0.4) is 0 Å². The van der Waals surface area contributed by atoms with Crippen molar-refractivity contribution in [1.29, 1.82) is 0 Å². The lowest BCUT2D eigenvalue weighted by atomic mass is 9.92. The van der Waals surface area contributed by atoms with E-state index in [1.54, 1.807) is 5.56 Å². The quantitative estimate of drug-likeness (QED) is 0.573. The van der Waals surface area contributed by atoms with Gasteiger partial charge in [0.2, 0.25) is 0 Å². The Balaban J connectivity index is 1.16. The van der Waals surface area contributed by atoms with Crippen molar-refractivity contribution in [2.24, 2.45) is 5.92 Å². The largest absolute Gasteiger partial charge is 0.391 e. The monoisotopic (exact) mass is 442 g/mol. The molecule has 0 aliphatic carbocycles. The fraction of sp³-hybridized carbons (Fsp3) is 0.467. The molecule has 1 saturated heterocycles. The van der Waals surface area contributed by atoms with E-state index in [1.807, 2.05) is 0 Å². The molecule has 1 fully saturated rings. The second-order valence-electron chi connectivity index (χ2n) is 10.5. The molecule has 2 atom stereocenters. The van der Waals surface area contributed by atoms with Crippen molar-refractivity contribution >= 4 is 10.8 Å². The number of piperidine rings is 1. The van der Waals surface area contributed by atoms with E-state index in [4.69, 9.17) is 0 Å². The normalized spacial score (nSPS) is 20.6. The van der Waals surface area contributed by atoms with Crippen molar-refractivity contribution in [3.8, 4) is 0 Å². The SMILES string of the molecule is Cc1cc2c(cc1C)CN(CC1CCCN(CC(O)Cc3cccc4ccccc34)C1)CC2. The van der Waals surface area contributed by atoms with Crippen molar-refractivity contribution in [3.63, 3.8) is 0 Å². The molecule has 2 aliphatic heterocycles. The van der Waals surface area contributed by atoms with Gasteiger partial charge in [0.05, 0.1) is 6.10 Å². The molecule has 0 amide bonds. The van der Waals surface area contributed by atoms with Gasteiger partial charge in [-0.3, -0.25) is 4.90 Å². The summed E-state index contributed by atoms with van der Waals surface area (Å²) in [6, 6.07) is 19.8. The van der Waals surface area contributed by atoms with Crippen molar-refractivity contribution in [2.75, 3.05) is 32.7 Å². The molecule has 2 heterocycles. The first-order valence-electron chi connectivity index (χ1n) is 12.7. The Labute approximate surface area is 199 Å². The summed E-state index contributed by atoms with van der Waals surface area (Å²) in [5, 5.41) is 13.5. The van der Waals surface area contributed by atoms with Crippen LogP contribution in [0.4, 0.5) is 0 Å². The van der Waals surface area contributed by atoms with Crippen LogP contribution in [0.1, 0.15) is 40.7 Å². The predicted octanol–water partition coefficient (Wildman–Crippen LogP) is 5.13. The Morgan fingerprint density at radius 1 is 0.939 bits per heavy atom. The Bertz CT molecular complexity index is 1100. The lowest BCUT2D eigenvalue weighted by molar-refractivity contribution is 0.0722. The van der Waals surface area contributed by atoms with Gasteiger partial charge in [0.25, 0.3) is 0 Å². The van der Waals surface area contributed by atoms with E-state index in [-0.39, 0.29) is 6.10 Å². The van der Waals surface area contributed by atoms with E-state index in [1.165, 1.54) is 65.4 Å². The topological polar surface area (TPSA) is 26.7 Å². The van der Waals surface area contributed by atoms with Gasteiger partial charge in [0.15, 0.2) is 0 Å². The molecule has 1 N–H and O–H groups in total. The maximum absolute atomic E-state index is 10.9. The highest BCUT2D eigenvalue weighted by atomic mass is 16.3. The number of rotatable bonds is 6. The Hall–Kier alpha value is -2.20. The molecule has 2 unspecified atom stereocenters. The molecule has 3 aromatic rings. The third-order valence-electron chi connectivity index (χ3n) is 7.83. The summed E-state index contributed by atoms with van der Waals surface area (Å²) in [5.41, 5.74) is 7.18. The number of aliphatic hydroxyl groups excluding tert-OH is 1. The Morgan fingerprint density at radius 2 is 1.73 bits per heavy atom. The highest BCUT2D eigenvalue weighted by molar-refractivity contribution is 5.85. The molecule has 2 aliphatic rings. The summed E-state index contributed by atoms with van der Waals surface area (Å²) >= 11 is 0. The van der Waals surface area contributed by atoms with E-state index in [2.05, 4.69) is 78.2 Å². The molecule has 0 aromatic heterocycles. The average Bonchev–Trinajstić information content (AvgIpc) is 2.80. The average molecular weight is 443 g/mol. The minimum atomic E-state index is -0.317. The van der Waals surface area contributed by atoms with Gasteiger partial charge in [-0.05, 0) is 84.2 Å². The minimum absolute atomic E-state index is 0.317. The van der Waals surface area contributed by atoms with Crippen LogP contribution in [0.25, 0.3) is 10.8 Å². The zero-order chi connectivity index (χ0) is 22.8. The van der Waals surface area contributed by atoms with Gasteiger partial charge >= 0.3 is 0 Å². The molecule has 33 heavy (non-hydrogen) atoms. The smallest absolute Gasteiger partial charge is 0.0707 e. The van der Waals surface area contributed by atoms with Crippen LogP contribution in [-0.2, 0) is 19.4 Å². The maximum Gasteiger partial charge on any atom is 0.0707 e. The number of likely N-dealkylation sites (tertiary alicyclic amines) is 1. The molecule has 0 saturated carbocycles. The van der Waals surface area contributed by atoms with Gasteiger partial charge in [-0.15, -0.1) is 0 Å². The minimum Gasteiger partial charge on any atom is -0.391 e. The van der Waals surface area contributed by atoms with Crippen molar-refractivity contribution in [3.05, 3.63) is 82.4 Å². The molecule has 174 valence electrons. The summed E-state index contributed by atoms with van der Waals surface area (Å²) in [7, 11) is 0. The van der Waals surface area contributed by atoms with Crippen LogP contribution in [0.15, 0.2) is 54.6 Å². The molecule has 3 nitrogen and oxygen atoms in total. The molecule has 5 rings (SSSR count). The maximum atomic E-state index is 10.9. The highest BCUT2D eigenvalue weighted by Gasteiger charge is 2.25. The van der Waals surface area contributed by atoms with Crippen LogP contribution < -0.4 is 0 Å². The predicted molar refractivity (Wildman–Crippen MR) is 138 cm³/mol. The number of benzene rings is 3. The zero-order valence-electron chi connectivity index (χ0n) is 20.3. The molecule has 3 aromatic carbocycles. The first kappa shape index (κ1) is 22.6. The van der Waals surface area contributed by atoms with Crippen LogP contribution in [0.2, 0.25) is 0 Å². The van der Waals surface area contributed by atoms with Crippen molar-refractivity contribution < 1.29 is 5.11 Å². The number of nitrogens with zero attached hydrogens (tertiary/aromatic N) is 2. The second kappa shape index (κ2) is 9.97. The van der Waals surface area contributed by atoms with Crippen molar-refractivity contribution in [2.45, 2.75) is 52.2 Å². The van der Waals surface area contributed by atoms with Crippen molar-refractivity contribution in [1.82, 2.24) is 9.80 Å². The third kappa shape index (κ3) is 5.32. The number of aliphatic hydroxyl groups is 1. The number of β-amino-alcohol motifs (C(OH)–C–C–N with tert-alkyl or cyclic N) is 1. The lowest BCUT2D eigenvalue weighted by Crippen LogP contribution is -2.45. The summed E-state index contributed by atoms with van der Waals surface area (Å²) in [6.45, 7) is 10.9. The van der Waals surface area contributed by atoms with Gasteiger partial charge in [0, 0.05) is 39.1 Å². The van der Waals surface area contributed by atoms with E-state index in [0.29, 0.717) is 5.92 Å².